The maximum atomic E-state index is 13.1. The minimum Gasteiger partial charge on any atom is -0.428 e. The van der Waals surface area contributed by atoms with Gasteiger partial charge in [-0.3, -0.25) is 0 Å². The Balaban J connectivity index is 3.03. The van der Waals surface area contributed by atoms with Crippen molar-refractivity contribution in [3.05, 3.63) is 46.5 Å². The third kappa shape index (κ3) is 9.00. The summed E-state index contributed by atoms with van der Waals surface area (Å²) in [4.78, 5) is 26.1. The lowest BCUT2D eigenvalue weighted by Crippen LogP contribution is -2.28. The van der Waals surface area contributed by atoms with Crippen LogP contribution in [0, 0.1) is 0 Å². The van der Waals surface area contributed by atoms with Crippen LogP contribution in [0.5, 0.6) is 11.5 Å². The van der Waals surface area contributed by atoms with E-state index in [0.29, 0.717) is 22.6 Å². The van der Waals surface area contributed by atoms with Crippen LogP contribution in [-0.2, 0) is 33.1 Å². The van der Waals surface area contributed by atoms with E-state index in [1.54, 1.807) is 41.5 Å². The van der Waals surface area contributed by atoms with Crippen LogP contribution in [0.3, 0.4) is 0 Å². The van der Waals surface area contributed by atoms with Gasteiger partial charge in [-0.25, -0.2) is 9.59 Å². The van der Waals surface area contributed by atoms with Crippen LogP contribution in [0.2, 0.25) is 0 Å². The van der Waals surface area contributed by atoms with Crippen LogP contribution in [0.1, 0.15) is 119 Å². The number of hydrogen-bond donors (Lipinski definition) is 0. The molecule has 0 N–H and O–H groups in total. The molecule has 0 aromatic heterocycles. The van der Waals surface area contributed by atoms with Crippen LogP contribution in [-0.4, -0.2) is 23.5 Å². The van der Waals surface area contributed by atoms with E-state index in [1.807, 2.05) is 12.1 Å². The minimum absolute atomic E-state index is 0.362. The van der Waals surface area contributed by atoms with Crippen molar-refractivity contribution in [1.29, 1.82) is 0 Å². The zero-order valence-corrected chi connectivity index (χ0v) is 27.2. The average molecular weight is 555 g/mol. The maximum Gasteiger partial charge on any atom is 0.514 e. The van der Waals surface area contributed by atoms with E-state index in [1.165, 1.54) is 0 Å². The number of rotatable bonds is 5. The summed E-state index contributed by atoms with van der Waals surface area (Å²) in [5.74, 6) is 0.780. The molecule has 0 radical (unpaired) electrons. The standard InChI is InChI=1S/C34H50O6/c1-15-21-17-23(27(25(19-21)31(3,4)5)37-29(35)39-33(9,10)11)24-18-22(16-2)20-26(32(6,7)8)28(24)38-30(36)40-34(12,13)14/h17-20H,15-16H2,1-14H3. The molecule has 0 aliphatic carbocycles. The number of ether oxygens (including phenoxy) is 4. The van der Waals surface area contributed by atoms with E-state index in [-0.39, 0.29) is 10.8 Å². The van der Waals surface area contributed by atoms with Gasteiger partial charge in [-0.15, -0.1) is 0 Å². The second-order valence-corrected chi connectivity index (χ2v) is 14.4. The fourth-order valence-electron chi connectivity index (χ4n) is 4.23. The van der Waals surface area contributed by atoms with Crippen LogP contribution < -0.4 is 9.47 Å². The lowest BCUT2D eigenvalue weighted by molar-refractivity contribution is 0.0186. The highest BCUT2D eigenvalue weighted by atomic mass is 16.7. The highest BCUT2D eigenvalue weighted by Gasteiger charge is 2.32. The Morgan fingerprint density at radius 1 is 0.550 bits per heavy atom. The SMILES string of the molecule is CCc1cc(-c2cc(CC)cc(C(C)(C)C)c2OC(=O)OC(C)(C)C)c(OC(=O)OC(C)(C)C)c(C(C)(C)C)c1. The molecule has 0 aliphatic heterocycles. The summed E-state index contributed by atoms with van der Waals surface area (Å²) < 4.78 is 23.2. The van der Waals surface area contributed by atoms with Gasteiger partial charge in [0.05, 0.1) is 0 Å². The van der Waals surface area contributed by atoms with Crippen LogP contribution >= 0.6 is 0 Å². The molecule has 40 heavy (non-hydrogen) atoms. The monoisotopic (exact) mass is 554 g/mol. The molecular formula is C34H50O6. The Morgan fingerprint density at radius 3 is 1.07 bits per heavy atom. The van der Waals surface area contributed by atoms with E-state index >= 15 is 0 Å². The van der Waals surface area contributed by atoms with Gasteiger partial charge in [0, 0.05) is 22.3 Å². The molecule has 0 saturated carbocycles. The topological polar surface area (TPSA) is 71.1 Å². The summed E-state index contributed by atoms with van der Waals surface area (Å²) in [6.07, 6.45) is -0.0448. The predicted octanol–water partition coefficient (Wildman–Crippen LogP) is 9.70. The molecule has 0 amide bonds. The average Bonchev–Trinajstić information content (AvgIpc) is 2.75. The van der Waals surface area contributed by atoms with E-state index in [0.717, 1.165) is 35.1 Å². The highest BCUT2D eigenvalue weighted by molar-refractivity contribution is 5.84. The van der Waals surface area contributed by atoms with Crippen LogP contribution in [0.4, 0.5) is 9.59 Å². The largest absolute Gasteiger partial charge is 0.514 e. The normalized spacial score (nSPS) is 12.7. The first-order chi connectivity index (χ1) is 18.1. The molecule has 0 atom stereocenters. The van der Waals surface area contributed by atoms with Gasteiger partial charge >= 0.3 is 12.3 Å². The number of benzene rings is 2. The summed E-state index contributed by atoms with van der Waals surface area (Å²) in [7, 11) is 0. The molecule has 0 aliphatic rings. The smallest absolute Gasteiger partial charge is 0.428 e. The summed E-state index contributed by atoms with van der Waals surface area (Å²) in [5.41, 5.74) is 2.99. The zero-order chi connectivity index (χ0) is 30.8. The molecule has 0 unspecified atom stereocenters. The van der Waals surface area contributed by atoms with Crippen molar-refractivity contribution in [2.24, 2.45) is 0 Å². The van der Waals surface area contributed by atoms with E-state index < -0.39 is 23.5 Å². The molecule has 6 heteroatoms. The first-order valence-electron chi connectivity index (χ1n) is 14.2. The highest BCUT2D eigenvalue weighted by Crippen LogP contribution is 2.47. The number of carbonyl (C=O) groups is 2. The molecule has 222 valence electrons. The number of aryl methyl sites for hydroxylation is 2. The van der Waals surface area contributed by atoms with Crippen molar-refractivity contribution < 1.29 is 28.5 Å². The molecule has 2 rings (SSSR count). The molecule has 0 fully saturated rings. The fraction of sp³-hybridized carbons (Fsp3) is 0.588. The van der Waals surface area contributed by atoms with E-state index in [2.05, 4.69) is 67.5 Å². The summed E-state index contributed by atoms with van der Waals surface area (Å²) in [6, 6.07) is 8.17. The Kier molecular flexibility index (Phi) is 9.82. The van der Waals surface area contributed by atoms with Gasteiger partial charge in [0.25, 0.3) is 0 Å². The van der Waals surface area contributed by atoms with Gasteiger partial charge in [0.2, 0.25) is 0 Å². The van der Waals surface area contributed by atoms with E-state index in [4.69, 9.17) is 18.9 Å². The zero-order valence-electron chi connectivity index (χ0n) is 27.2. The van der Waals surface area contributed by atoms with E-state index in [9.17, 15) is 9.59 Å². The lowest BCUT2D eigenvalue weighted by Gasteiger charge is -2.29. The Labute approximate surface area is 241 Å². The third-order valence-corrected chi connectivity index (χ3v) is 6.17. The molecule has 0 bridgehead atoms. The molecule has 2 aromatic carbocycles. The first-order valence-corrected chi connectivity index (χ1v) is 14.2. The predicted molar refractivity (Wildman–Crippen MR) is 162 cm³/mol. The first kappa shape index (κ1) is 33.2. The molecule has 6 nitrogen and oxygen atoms in total. The van der Waals surface area contributed by atoms with Crippen molar-refractivity contribution in [3.8, 4) is 22.6 Å². The van der Waals surface area contributed by atoms with Crippen LogP contribution in [0.25, 0.3) is 11.1 Å². The van der Waals surface area contributed by atoms with Gasteiger partial charge in [-0.1, -0.05) is 67.5 Å². The Morgan fingerprint density at radius 2 is 0.850 bits per heavy atom. The van der Waals surface area contributed by atoms with Crippen molar-refractivity contribution in [3.63, 3.8) is 0 Å². The Bertz CT molecular complexity index is 1130. The van der Waals surface area contributed by atoms with Crippen molar-refractivity contribution >= 4 is 12.3 Å². The number of carbonyl (C=O) groups excluding carboxylic acids is 2. The fourth-order valence-corrected chi connectivity index (χ4v) is 4.23. The third-order valence-electron chi connectivity index (χ3n) is 6.17. The molecular weight excluding hydrogens is 504 g/mol. The summed E-state index contributed by atoms with van der Waals surface area (Å²) in [6.45, 7) is 27.4. The quantitative estimate of drug-likeness (QED) is 0.271. The Hall–Kier alpha value is -3.02. The molecule has 0 saturated heterocycles. The second kappa shape index (κ2) is 11.8. The van der Waals surface area contributed by atoms with Gasteiger partial charge in [-0.05, 0) is 88.5 Å². The molecule has 0 spiro atoms. The maximum absolute atomic E-state index is 13.1. The summed E-state index contributed by atoms with van der Waals surface area (Å²) in [5, 5.41) is 0. The lowest BCUT2D eigenvalue weighted by atomic mass is 9.80. The van der Waals surface area contributed by atoms with Crippen LogP contribution in [0.15, 0.2) is 24.3 Å². The number of hydrogen-bond acceptors (Lipinski definition) is 6. The van der Waals surface area contributed by atoms with Crippen molar-refractivity contribution in [2.75, 3.05) is 0 Å². The minimum atomic E-state index is -0.791. The van der Waals surface area contributed by atoms with Crippen molar-refractivity contribution in [1.82, 2.24) is 0 Å². The van der Waals surface area contributed by atoms with Gasteiger partial charge < -0.3 is 18.9 Å². The van der Waals surface area contributed by atoms with Gasteiger partial charge in [0.1, 0.15) is 22.7 Å². The van der Waals surface area contributed by atoms with Gasteiger partial charge in [0.15, 0.2) is 0 Å². The van der Waals surface area contributed by atoms with Gasteiger partial charge in [-0.2, -0.15) is 0 Å². The molecule has 2 aromatic rings. The van der Waals surface area contributed by atoms with Crippen molar-refractivity contribution in [2.45, 2.75) is 132 Å². The molecule has 0 heterocycles. The summed E-state index contributed by atoms with van der Waals surface area (Å²) >= 11 is 0. The second-order valence-electron chi connectivity index (χ2n) is 14.4.